The average Bonchev–Trinajstić information content (AvgIpc) is 2.86. The van der Waals surface area contributed by atoms with Gasteiger partial charge in [0.2, 0.25) is 0 Å². The van der Waals surface area contributed by atoms with Gasteiger partial charge in [-0.3, -0.25) is 4.79 Å². The molecule has 1 heterocycles. The highest BCUT2D eigenvalue weighted by atomic mass is 35.5. The largest absolute Gasteiger partial charge is 0.484 e. The molecule has 3 rings (SSSR count). The Hall–Kier alpha value is -2.00. The van der Waals surface area contributed by atoms with Gasteiger partial charge in [0.25, 0.3) is 0 Å². The fraction of sp³-hybridized carbons (Fsp3) is 0.188. The van der Waals surface area contributed by atoms with E-state index in [9.17, 15) is 4.79 Å². The molecule has 0 N–H and O–H groups in total. The summed E-state index contributed by atoms with van der Waals surface area (Å²) >= 11 is 6.02. The van der Waals surface area contributed by atoms with Crippen molar-refractivity contribution < 1.29 is 14.3 Å². The molecular formula is C16H13ClO3. The summed E-state index contributed by atoms with van der Waals surface area (Å²) in [6.07, 6.45) is -0.378. The Kier molecular flexibility index (Phi) is 3.36. The molecule has 2 unspecified atom stereocenters. The van der Waals surface area contributed by atoms with Crippen LogP contribution in [0.2, 0.25) is 5.02 Å². The van der Waals surface area contributed by atoms with Gasteiger partial charge < -0.3 is 9.47 Å². The van der Waals surface area contributed by atoms with Crippen LogP contribution in [0.4, 0.5) is 0 Å². The third kappa shape index (κ3) is 2.14. The van der Waals surface area contributed by atoms with Crippen molar-refractivity contribution in [3.05, 3.63) is 64.7 Å². The van der Waals surface area contributed by atoms with E-state index in [4.69, 9.17) is 21.1 Å². The molecule has 0 spiro atoms. The second-order valence-corrected chi connectivity index (χ2v) is 5.07. The summed E-state index contributed by atoms with van der Waals surface area (Å²) in [4.78, 5) is 12.1. The normalized spacial score (nSPS) is 20.1. The Morgan fingerprint density at radius 2 is 1.95 bits per heavy atom. The van der Waals surface area contributed by atoms with E-state index in [1.807, 2.05) is 30.3 Å². The van der Waals surface area contributed by atoms with Crippen molar-refractivity contribution >= 4 is 17.6 Å². The van der Waals surface area contributed by atoms with E-state index in [2.05, 4.69) is 0 Å². The van der Waals surface area contributed by atoms with Crippen molar-refractivity contribution in [2.45, 2.75) is 12.0 Å². The van der Waals surface area contributed by atoms with Crippen molar-refractivity contribution in [1.82, 2.24) is 0 Å². The van der Waals surface area contributed by atoms with Crippen LogP contribution in [0.1, 0.15) is 23.1 Å². The lowest BCUT2D eigenvalue weighted by Gasteiger charge is -2.17. The van der Waals surface area contributed by atoms with Crippen LogP contribution in [0.3, 0.4) is 0 Å². The first-order valence-corrected chi connectivity index (χ1v) is 6.67. The van der Waals surface area contributed by atoms with E-state index in [-0.39, 0.29) is 12.1 Å². The van der Waals surface area contributed by atoms with E-state index < -0.39 is 5.92 Å². The second-order valence-electron chi connectivity index (χ2n) is 4.63. The quantitative estimate of drug-likeness (QED) is 0.790. The smallest absolute Gasteiger partial charge is 0.317 e. The summed E-state index contributed by atoms with van der Waals surface area (Å²) in [5.41, 5.74) is 1.72. The highest BCUT2D eigenvalue weighted by Gasteiger charge is 2.41. The van der Waals surface area contributed by atoms with Crippen molar-refractivity contribution in [3.8, 4) is 5.75 Å². The first-order chi connectivity index (χ1) is 9.70. The molecule has 20 heavy (non-hydrogen) atoms. The zero-order valence-corrected chi connectivity index (χ0v) is 11.6. The van der Waals surface area contributed by atoms with Gasteiger partial charge in [0.1, 0.15) is 17.8 Å². The van der Waals surface area contributed by atoms with Gasteiger partial charge in [-0.15, -0.1) is 0 Å². The molecule has 1 aliphatic rings. The summed E-state index contributed by atoms with van der Waals surface area (Å²) in [7, 11) is 1.38. The molecule has 3 nitrogen and oxygen atoms in total. The van der Waals surface area contributed by atoms with Gasteiger partial charge in [-0.1, -0.05) is 41.9 Å². The Balaban J connectivity index is 2.07. The van der Waals surface area contributed by atoms with E-state index in [1.165, 1.54) is 7.11 Å². The van der Waals surface area contributed by atoms with Crippen molar-refractivity contribution in [2.75, 3.05) is 7.11 Å². The molecule has 0 fully saturated rings. The number of fused-ring (bicyclic) bond motifs is 1. The van der Waals surface area contributed by atoms with Gasteiger partial charge in [-0.05, 0) is 23.8 Å². The van der Waals surface area contributed by atoms with Gasteiger partial charge in [-0.25, -0.2) is 0 Å². The van der Waals surface area contributed by atoms with E-state index in [0.717, 1.165) is 11.1 Å². The van der Waals surface area contributed by atoms with Crippen molar-refractivity contribution in [1.29, 1.82) is 0 Å². The number of rotatable bonds is 2. The van der Waals surface area contributed by atoms with E-state index in [1.54, 1.807) is 18.2 Å². The number of benzene rings is 2. The summed E-state index contributed by atoms with van der Waals surface area (Å²) < 4.78 is 10.8. The third-order valence-electron chi connectivity index (χ3n) is 3.45. The Bertz CT molecular complexity index is 639. The monoisotopic (exact) mass is 288 g/mol. The lowest BCUT2D eigenvalue weighted by molar-refractivity contribution is -0.144. The maximum atomic E-state index is 12.1. The molecule has 2 aromatic carbocycles. The number of halogens is 1. The molecular weight excluding hydrogens is 276 g/mol. The molecule has 1 aliphatic heterocycles. The van der Waals surface area contributed by atoms with Gasteiger partial charge in [0.15, 0.2) is 0 Å². The number of carbonyl (C=O) groups is 1. The van der Waals surface area contributed by atoms with E-state index >= 15 is 0 Å². The minimum absolute atomic E-state index is 0.320. The first kappa shape index (κ1) is 13.0. The highest BCUT2D eigenvalue weighted by molar-refractivity contribution is 6.30. The number of methoxy groups -OCH3 is 1. The van der Waals surface area contributed by atoms with E-state index in [0.29, 0.717) is 10.8 Å². The predicted molar refractivity (Wildman–Crippen MR) is 76.0 cm³/mol. The molecule has 4 heteroatoms. The Morgan fingerprint density at radius 3 is 2.65 bits per heavy atom. The molecule has 0 amide bonds. The SMILES string of the molecule is COC(=O)C1c2cc(Cl)ccc2OC1c1ccccc1. The van der Waals surface area contributed by atoms with Crippen LogP contribution < -0.4 is 4.74 Å². The number of carbonyl (C=O) groups excluding carboxylic acids is 1. The predicted octanol–water partition coefficient (Wildman–Crippen LogP) is 3.73. The molecule has 0 bridgehead atoms. The molecule has 2 aromatic rings. The fourth-order valence-electron chi connectivity index (χ4n) is 2.52. The van der Waals surface area contributed by atoms with Crippen LogP contribution >= 0.6 is 11.6 Å². The number of ether oxygens (including phenoxy) is 2. The van der Waals surface area contributed by atoms with Crippen LogP contribution in [-0.2, 0) is 9.53 Å². The van der Waals surface area contributed by atoms with Crippen LogP contribution in [0, 0.1) is 0 Å². The van der Waals surface area contributed by atoms with Crippen LogP contribution in [0.15, 0.2) is 48.5 Å². The van der Waals surface area contributed by atoms with Crippen molar-refractivity contribution in [2.24, 2.45) is 0 Å². The molecule has 2 atom stereocenters. The topological polar surface area (TPSA) is 35.5 Å². The number of esters is 1. The number of hydrogen-bond acceptors (Lipinski definition) is 3. The standard InChI is InChI=1S/C16H13ClO3/c1-19-16(18)14-12-9-11(17)7-8-13(12)20-15(14)10-5-3-2-4-6-10/h2-9,14-15H,1H3. The lowest BCUT2D eigenvalue weighted by Crippen LogP contribution is -2.20. The van der Waals surface area contributed by atoms with Crippen molar-refractivity contribution in [3.63, 3.8) is 0 Å². The summed E-state index contributed by atoms with van der Waals surface area (Å²) in [5, 5.41) is 0.579. The average molecular weight is 289 g/mol. The van der Waals surface area contributed by atoms with Gasteiger partial charge in [-0.2, -0.15) is 0 Å². The lowest BCUT2D eigenvalue weighted by atomic mass is 9.91. The molecule has 0 saturated heterocycles. The highest BCUT2D eigenvalue weighted by Crippen LogP contribution is 2.47. The number of hydrogen-bond donors (Lipinski definition) is 0. The molecule has 0 aliphatic carbocycles. The summed E-state index contributed by atoms with van der Waals surface area (Å²) in [6, 6.07) is 14.9. The molecule has 0 radical (unpaired) electrons. The van der Waals surface area contributed by atoms with Gasteiger partial charge in [0.05, 0.1) is 7.11 Å². The zero-order valence-electron chi connectivity index (χ0n) is 10.9. The summed E-state index contributed by atoms with van der Waals surface area (Å²) in [5.74, 6) is -0.130. The minimum Gasteiger partial charge on any atom is -0.484 e. The van der Waals surface area contributed by atoms with Crippen LogP contribution in [-0.4, -0.2) is 13.1 Å². The molecule has 0 saturated carbocycles. The third-order valence-corrected chi connectivity index (χ3v) is 3.68. The zero-order chi connectivity index (χ0) is 14.1. The molecule has 0 aromatic heterocycles. The first-order valence-electron chi connectivity index (χ1n) is 6.29. The Labute approximate surface area is 122 Å². The summed E-state index contributed by atoms with van der Waals surface area (Å²) in [6.45, 7) is 0. The van der Waals surface area contributed by atoms with Crippen LogP contribution in [0.5, 0.6) is 5.75 Å². The Morgan fingerprint density at radius 1 is 1.20 bits per heavy atom. The maximum Gasteiger partial charge on any atom is 0.317 e. The van der Waals surface area contributed by atoms with Crippen LogP contribution in [0.25, 0.3) is 0 Å². The second kappa shape index (κ2) is 5.17. The van der Waals surface area contributed by atoms with Gasteiger partial charge in [0, 0.05) is 10.6 Å². The fourth-order valence-corrected chi connectivity index (χ4v) is 2.70. The van der Waals surface area contributed by atoms with Gasteiger partial charge >= 0.3 is 5.97 Å². The maximum absolute atomic E-state index is 12.1. The minimum atomic E-state index is -0.490. The molecule has 102 valence electrons.